The van der Waals surface area contributed by atoms with Crippen LogP contribution in [0.3, 0.4) is 0 Å². The third-order valence-electron chi connectivity index (χ3n) is 3.26. The van der Waals surface area contributed by atoms with Gasteiger partial charge in [-0.2, -0.15) is 0 Å². The molecule has 15 heavy (non-hydrogen) atoms. The minimum Gasteiger partial charge on any atom is -0.321 e. The summed E-state index contributed by atoms with van der Waals surface area (Å²) in [5.74, 6) is 0.435. The maximum atomic E-state index is 6.41. The second kappa shape index (κ2) is 3.62. The number of hydrogen-bond donors (Lipinski definition) is 1. The van der Waals surface area contributed by atoms with Crippen molar-refractivity contribution in [2.45, 2.75) is 26.3 Å². The van der Waals surface area contributed by atoms with Gasteiger partial charge >= 0.3 is 0 Å². The molecule has 2 rings (SSSR count). The van der Waals surface area contributed by atoms with Gasteiger partial charge < -0.3 is 5.73 Å². The molecule has 80 valence electrons. The maximum Gasteiger partial charge on any atom is 0.0418 e. The van der Waals surface area contributed by atoms with Gasteiger partial charge in [-0.3, -0.25) is 0 Å². The Labute approximate surface area is 94.9 Å². The fourth-order valence-electron chi connectivity index (χ4n) is 1.73. The Hall–Kier alpha value is -0.860. The minimum atomic E-state index is -0.246. The van der Waals surface area contributed by atoms with Crippen LogP contribution in [-0.4, -0.2) is 0 Å². The summed E-state index contributed by atoms with van der Waals surface area (Å²) < 4.78 is 1.33. The molecule has 0 aliphatic rings. The summed E-state index contributed by atoms with van der Waals surface area (Å²) in [5, 5.41) is 3.43. The van der Waals surface area contributed by atoms with Gasteiger partial charge in [0.2, 0.25) is 0 Å². The number of hydrogen-bond acceptors (Lipinski definition) is 2. The molecule has 1 heterocycles. The first-order valence-electron chi connectivity index (χ1n) is 5.29. The van der Waals surface area contributed by atoms with E-state index in [0.29, 0.717) is 5.92 Å². The largest absolute Gasteiger partial charge is 0.321 e. The zero-order chi connectivity index (χ0) is 11.1. The normalized spacial score (nSPS) is 15.8. The van der Waals surface area contributed by atoms with Crippen LogP contribution in [0, 0.1) is 5.92 Å². The summed E-state index contributed by atoms with van der Waals surface area (Å²) in [6, 6.07) is 8.54. The Balaban J connectivity index is 2.65. The number of nitrogens with two attached hydrogens (primary N) is 1. The van der Waals surface area contributed by atoms with Gasteiger partial charge in [-0.25, -0.2) is 0 Å². The molecule has 0 aliphatic heterocycles. The van der Waals surface area contributed by atoms with E-state index < -0.39 is 0 Å². The van der Waals surface area contributed by atoms with Gasteiger partial charge in [0.05, 0.1) is 0 Å². The topological polar surface area (TPSA) is 26.0 Å². The summed E-state index contributed by atoms with van der Waals surface area (Å²) in [5.41, 5.74) is 7.44. The summed E-state index contributed by atoms with van der Waals surface area (Å²) in [6.07, 6.45) is 0. The molecule has 1 nitrogen and oxygen atoms in total. The predicted octanol–water partition coefficient (Wildman–Crippen LogP) is 3.73. The number of benzene rings is 1. The van der Waals surface area contributed by atoms with Gasteiger partial charge in [0, 0.05) is 10.2 Å². The first kappa shape index (κ1) is 10.7. The number of thiophene rings is 1. The monoisotopic (exact) mass is 219 g/mol. The third-order valence-corrected chi connectivity index (χ3v) is 4.22. The van der Waals surface area contributed by atoms with Crippen LogP contribution >= 0.6 is 11.3 Å². The Morgan fingerprint density at radius 2 is 2.00 bits per heavy atom. The van der Waals surface area contributed by atoms with E-state index >= 15 is 0 Å². The Kier molecular flexibility index (Phi) is 2.57. The van der Waals surface area contributed by atoms with E-state index in [1.807, 2.05) is 0 Å². The lowest BCUT2D eigenvalue weighted by Crippen LogP contribution is -2.38. The fourth-order valence-corrected chi connectivity index (χ4v) is 2.77. The van der Waals surface area contributed by atoms with Crippen molar-refractivity contribution in [2.24, 2.45) is 11.7 Å². The van der Waals surface area contributed by atoms with E-state index in [2.05, 4.69) is 50.4 Å². The molecule has 1 aromatic carbocycles. The number of rotatable bonds is 2. The van der Waals surface area contributed by atoms with Crippen molar-refractivity contribution in [3.8, 4) is 0 Å². The van der Waals surface area contributed by atoms with Gasteiger partial charge in [0.15, 0.2) is 0 Å². The standard InChI is InChI=1S/C13H17NS/c1-9(2)13(3,14)11-6-4-5-10-7-8-15-12(10)11/h4-9H,14H2,1-3H3. The molecule has 0 radical (unpaired) electrons. The molecular weight excluding hydrogens is 202 g/mol. The lowest BCUT2D eigenvalue weighted by Gasteiger charge is -2.30. The molecule has 2 aromatic rings. The zero-order valence-corrected chi connectivity index (χ0v) is 10.3. The van der Waals surface area contributed by atoms with Crippen LogP contribution in [-0.2, 0) is 5.54 Å². The predicted molar refractivity (Wildman–Crippen MR) is 68.2 cm³/mol. The van der Waals surface area contributed by atoms with Gasteiger partial charge in [-0.15, -0.1) is 11.3 Å². The van der Waals surface area contributed by atoms with E-state index in [1.165, 1.54) is 15.6 Å². The maximum absolute atomic E-state index is 6.41. The Bertz CT molecular complexity index is 468. The number of fused-ring (bicyclic) bond motifs is 1. The van der Waals surface area contributed by atoms with Crippen molar-refractivity contribution < 1.29 is 0 Å². The molecule has 0 fully saturated rings. The summed E-state index contributed by atoms with van der Waals surface area (Å²) in [4.78, 5) is 0. The Morgan fingerprint density at radius 1 is 1.27 bits per heavy atom. The van der Waals surface area contributed by atoms with E-state index in [0.717, 1.165) is 0 Å². The van der Waals surface area contributed by atoms with Crippen LogP contribution in [0.2, 0.25) is 0 Å². The van der Waals surface area contributed by atoms with Crippen LogP contribution in [0.1, 0.15) is 26.3 Å². The third kappa shape index (κ3) is 1.68. The highest BCUT2D eigenvalue weighted by Crippen LogP contribution is 2.34. The molecule has 1 aromatic heterocycles. The summed E-state index contributed by atoms with van der Waals surface area (Å²) >= 11 is 1.78. The second-order valence-electron chi connectivity index (χ2n) is 4.58. The van der Waals surface area contributed by atoms with Crippen LogP contribution in [0.15, 0.2) is 29.6 Å². The van der Waals surface area contributed by atoms with Crippen LogP contribution in [0.25, 0.3) is 10.1 Å². The summed E-state index contributed by atoms with van der Waals surface area (Å²) in [6.45, 7) is 6.46. The van der Waals surface area contributed by atoms with Crippen LogP contribution < -0.4 is 5.73 Å². The molecule has 0 bridgehead atoms. The molecular formula is C13H17NS. The van der Waals surface area contributed by atoms with Crippen molar-refractivity contribution in [3.63, 3.8) is 0 Å². The quantitative estimate of drug-likeness (QED) is 0.818. The first-order chi connectivity index (χ1) is 7.03. The molecule has 0 amide bonds. The Morgan fingerprint density at radius 3 is 2.67 bits per heavy atom. The van der Waals surface area contributed by atoms with Crippen molar-refractivity contribution in [1.82, 2.24) is 0 Å². The molecule has 2 N–H and O–H groups in total. The highest BCUT2D eigenvalue weighted by atomic mass is 32.1. The van der Waals surface area contributed by atoms with Crippen LogP contribution in [0.5, 0.6) is 0 Å². The SMILES string of the molecule is CC(C)C(C)(N)c1cccc2ccsc12. The average Bonchev–Trinajstić information content (AvgIpc) is 2.64. The average molecular weight is 219 g/mol. The molecule has 1 unspecified atom stereocenters. The molecule has 0 aliphatic carbocycles. The second-order valence-corrected chi connectivity index (χ2v) is 5.50. The van der Waals surface area contributed by atoms with Gasteiger partial charge in [0.1, 0.15) is 0 Å². The van der Waals surface area contributed by atoms with E-state index in [-0.39, 0.29) is 5.54 Å². The molecule has 2 heteroatoms. The highest BCUT2D eigenvalue weighted by molar-refractivity contribution is 7.17. The molecule has 1 atom stereocenters. The smallest absolute Gasteiger partial charge is 0.0418 e. The lowest BCUT2D eigenvalue weighted by atomic mass is 9.82. The molecule has 0 spiro atoms. The fraction of sp³-hybridized carbons (Fsp3) is 0.385. The van der Waals surface area contributed by atoms with Crippen molar-refractivity contribution >= 4 is 21.4 Å². The minimum absolute atomic E-state index is 0.246. The summed E-state index contributed by atoms with van der Waals surface area (Å²) in [7, 11) is 0. The molecule has 0 saturated carbocycles. The van der Waals surface area contributed by atoms with Gasteiger partial charge in [-0.05, 0) is 35.2 Å². The van der Waals surface area contributed by atoms with Crippen molar-refractivity contribution in [2.75, 3.05) is 0 Å². The van der Waals surface area contributed by atoms with E-state index in [4.69, 9.17) is 5.73 Å². The van der Waals surface area contributed by atoms with Crippen molar-refractivity contribution in [1.29, 1.82) is 0 Å². The molecule has 0 saturated heterocycles. The van der Waals surface area contributed by atoms with E-state index in [9.17, 15) is 0 Å². The van der Waals surface area contributed by atoms with Crippen molar-refractivity contribution in [3.05, 3.63) is 35.2 Å². The lowest BCUT2D eigenvalue weighted by molar-refractivity contribution is 0.354. The van der Waals surface area contributed by atoms with Gasteiger partial charge in [-0.1, -0.05) is 32.0 Å². The highest BCUT2D eigenvalue weighted by Gasteiger charge is 2.27. The van der Waals surface area contributed by atoms with E-state index in [1.54, 1.807) is 11.3 Å². The van der Waals surface area contributed by atoms with Crippen LogP contribution in [0.4, 0.5) is 0 Å². The zero-order valence-electron chi connectivity index (χ0n) is 9.45. The van der Waals surface area contributed by atoms with Gasteiger partial charge in [0.25, 0.3) is 0 Å². The first-order valence-corrected chi connectivity index (χ1v) is 6.17.